The van der Waals surface area contributed by atoms with E-state index in [1.54, 1.807) is 0 Å². The zero-order chi connectivity index (χ0) is 9.30. The van der Waals surface area contributed by atoms with Gasteiger partial charge in [0.1, 0.15) is 0 Å². The second-order valence-corrected chi connectivity index (χ2v) is 3.57. The minimum Gasteiger partial charge on any atom is -0.275 e. The van der Waals surface area contributed by atoms with Gasteiger partial charge in [-0.3, -0.25) is 4.79 Å². The lowest BCUT2D eigenvalue weighted by atomic mass is 10.2. The van der Waals surface area contributed by atoms with E-state index in [0.29, 0.717) is 4.47 Å². The van der Waals surface area contributed by atoms with Gasteiger partial charge in [-0.2, -0.15) is 0 Å². The summed E-state index contributed by atoms with van der Waals surface area (Å²) in [4.78, 5) is 10.6. The molecule has 0 aliphatic rings. The van der Waals surface area contributed by atoms with Crippen molar-refractivity contribution in [3.63, 3.8) is 0 Å². The summed E-state index contributed by atoms with van der Waals surface area (Å²) in [6, 6.07) is 2.72. The van der Waals surface area contributed by atoms with Gasteiger partial charge in [-0.05, 0) is 39.7 Å². The average molecular weight is 272 g/mol. The van der Waals surface area contributed by atoms with Crippen LogP contribution in [0.4, 0.5) is 4.39 Å². The van der Waals surface area contributed by atoms with Crippen LogP contribution in [0, 0.1) is 5.82 Å². The van der Waals surface area contributed by atoms with E-state index in [-0.39, 0.29) is 10.6 Å². The molecule has 0 unspecified atom stereocenters. The molecule has 0 bridgehead atoms. The van der Waals surface area contributed by atoms with Crippen molar-refractivity contribution >= 4 is 44.4 Å². The maximum atomic E-state index is 13.0. The molecule has 1 aromatic carbocycles. The zero-order valence-corrected chi connectivity index (χ0v) is 8.67. The molecule has 1 nitrogen and oxygen atoms in total. The Labute approximate surface area is 86.6 Å². The number of halogens is 4. The molecule has 5 heteroatoms. The molecule has 12 heavy (non-hydrogen) atoms. The van der Waals surface area contributed by atoms with Gasteiger partial charge in [0.05, 0.1) is 10.6 Å². The number of benzene rings is 1. The van der Waals surface area contributed by atoms with Crippen molar-refractivity contribution in [1.82, 2.24) is 0 Å². The molecule has 0 N–H and O–H groups in total. The normalized spacial score (nSPS) is 10.0. The summed E-state index contributed by atoms with van der Waals surface area (Å²) < 4.78 is 13.4. The zero-order valence-electron chi connectivity index (χ0n) is 5.57. The van der Waals surface area contributed by atoms with Gasteiger partial charge in [0.2, 0.25) is 0 Å². The Morgan fingerprint density at radius 3 is 2.58 bits per heavy atom. The van der Waals surface area contributed by atoms with E-state index in [2.05, 4.69) is 15.9 Å². The molecular formula is C7H2BrCl2FO. The van der Waals surface area contributed by atoms with Gasteiger partial charge >= 0.3 is 0 Å². The third-order valence-electron chi connectivity index (χ3n) is 1.25. The number of carbonyl (C=O) groups is 1. The summed E-state index contributed by atoms with van der Waals surface area (Å²) in [6.45, 7) is 0. The van der Waals surface area contributed by atoms with Crippen LogP contribution < -0.4 is 0 Å². The topological polar surface area (TPSA) is 17.1 Å². The smallest absolute Gasteiger partial charge is 0.255 e. The first-order valence-electron chi connectivity index (χ1n) is 2.87. The van der Waals surface area contributed by atoms with Crippen LogP contribution in [-0.4, -0.2) is 5.24 Å². The molecule has 0 fully saturated rings. The molecule has 1 aromatic rings. The largest absolute Gasteiger partial charge is 0.275 e. The molecule has 0 saturated heterocycles. The van der Waals surface area contributed by atoms with Crippen molar-refractivity contribution in [2.45, 2.75) is 0 Å². The first kappa shape index (κ1) is 9.96. The lowest BCUT2D eigenvalue weighted by Crippen LogP contribution is -1.95. The van der Waals surface area contributed by atoms with Crippen molar-refractivity contribution in [1.29, 1.82) is 0 Å². The molecule has 0 heterocycles. The van der Waals surface area contributed by atoms with Crippen LogP contribution in [0.2, 0.25) is 5.02 Å². The highest BCUT2D eigenvalue weighted by atomic mass is 79.9. The van der Waals surface area contributed by atoms with E-state index >= 15 is 0 Å². The van der Waals surface area contributed by atoms with Gasteiger partial charge in [-0.25, -0.2) is 4.39 Å². The highest BCUT2D eigenvalue weighted by Gasteiger charge is 2.14. The van der Waals surface area contributed by atoms with Gasteiger partial charge in [0, 0.05) is 4.47 Å². The van der Waals surface area contributed by atoms with Crippen molar-refractivity contribution in [3.8, 4) is 0 Å². The first-order valence-corrected chi connectivity index (χ1v) is 4.42. The lowest BCUT2D eigenvalue weighted by Gasteiger charge is -2.00. The molecule has 64 valence electrons. The van der Waals surface area contributed by atoms with E-state index in [1.165, 1.54) is 12.1 Å². The molecule has 0 aliphatic carbocycles. The fourth-order valence-electron chi connectivity index (χ4n) is 0.678. The maximum absolute atomic E-state index is 13.0. The number of hydrogen-bond donors (Lipinski definition) is 0. The van der Waals surface area contributed by atoms with Crippen LogP contribution in [0.5, 0.6) is 0 Å². The highest BCUT2D eigenvalue weighted by molar-refractivity contribution is 9.10. The molecule has 0 aliphatic heterocycles. The summed E-state index contributed by atoms with van der Waals surface area (Å²) in [5, 5.41) is -0.997. The van der Waals surface area contributed by atoms with Crippen LogP contribution in [0.15, 0.2) is 16.6 Å². The first-order chi connectivity index (χ1) is 5.54. The van der Waals surface area contributed by atoms with Gasteiger partial charge in [-0.1, -0.05) is 11.6 Å². The number of carbonyl (C=O) groups excluding carboxylic acids is 1. The summed E-state index contributed by atoms with van der Waals surface area (Å²) in [5.74, 6) is -0.800. The Morgan fingerprint density at radius 2 is 2.08 bits per heavy atom. The van der Waals surface area contributed by atoms with Crippen LogP contribution in [0.25, 0.3) is 0 Å². The fourth-order valence-corrected chi connectivity index (χ4v) is 1.29. The van der Waals surface area contributed by atoms with Gasteiger partial charge in [0.25, 0.3) is 5.24 Å². The quantitative estimate of drug-likeness (QED) is 0.563. The average Bonchev–Trinajstić information content (AvgIpc) is 2.00. The van der Waals surface area contributed by atoms with Crippen LogP contribution in [-0.2, 0) is 0 Å². The van der Waals surface area contributed by atoms with Crippen LogP contribution in [0.3, 0.4) is 0 Å². The van der Waals surface area contributed by atoms with E-state index < -0.39 is 11.1 Å². The molecule has 0 amide bonds. The third kappa shape index (κ3) is 1.79. The van der Waals surface area contributed by atoms with E-state index in [4.69, 9.17) is 23.2 Å². The Morgan fingerprint density at radius 1 is 1.50 bits per heavy atom. The van der Waals surface area contributed by atoms with Gasteiger partial charge < -0.3 is 0 Å². The minimum atomic E-state index is -0.859. The molecule has 0 spiro atoms. The maximum Gasteiger partial charge on any atom is 0.255 e. The van der Waals surface area contributed by atoms with Crippen molar-refractivity contribution in [2.24, 2.45) is 0 Å². The Kier molecular flexibility index (Phi) is 3.09. The predicted octanol–water partition coefficient (Wildman–Crippen LogP) is 3.62. The summed E-state index contributed by atoms with van der Waals surface area (Å²) in [5.41, 5.74) is -0.218. The number of hydrogen-bond acceptors (Lipinski definition) is 1. The van der Waals surface area contributed by atoms with Gasteiger partial charge in [0.15, 0.2) is 5.82 Å². The van der Waals surface area contributed by atoms with E-state index in [9.17, 15) is 9.18 Å². The van der Waals surface area contributed by atoms with Crippen LogP contribution in [0.1, 0.15) is 10.4 Å². The second-order valence-electron chi connectivity index (χ2n) is 2.00. The van der Waals surface area contributed by atoms with E-state index in [1.807, 2.05) is 0 Å². The predicted molar refractivity (Wildman–Crippen MR) is 49.3 cm³/mol. The molecule has 0 radical (unpaired) electrons. The van der Waals surface area contributed by atoms with Crippen LogP contribution >= 0.6 is 39.1 Å². The van der Waals surface area contributed by atoms with Crippen molar-refractivity contribution in [2.75, 3.05) is 0 Å². The second kappa shape index (κ2) is 3.73. The SMILES string of the molecule is O=C(Cl)c1ccc(Br)c(Cl)c1F. The molecular weight excluding hydrogens is 270 g/mol. The summed E-state index contributed by atoms with van der Waals surface area (Å²) in [7, 11) is 0. The standard InChI is InChI=1S/C7H2BrCl2FO/c8-4-2-1-3(7(10)12)6(11)5(4)9/h1-2H. The molecule has 1 rings (SSSR count). The summed E-state index contributed by atoms with van der Waals surface area (Å²) in [6.07, 6.45) is 0. The monoisotopic (exact) mass is 270 g/mol. The van der Waals surface area contributed by atoms with Crippen molar-refractivity contribution < 1.29 is 9.18 Å². The Bertz CT molecular complexity index is 340. The fraction of sp³-hybridized carbons (Fsp3) is 0. The summed E-state index contributed by atoms with van der Waals surface area (Å²) >= 11 is 13.6. The van der Waals surface area contributed by atoms with Gasteiger partial charge in [-0.15, -0.1) is 0 Å². The highest BCUT2D eigenvalue weighted by Crippen LogP contribution is 2.28. The lowest BCUT2D eigenvalue weighted by molar-refractivity contribution is 0.107. The molecule has 0 atom stereocenters. The minimum absolute atomic E-state index is 0.137. The number of rotatable bonds is 1. The third-order valence-corrected chi connectivity index (χ3v) is 2.71. The molecule has 0 aromatic heterocycles. The molecule has 0 saturated carbocycles. The Balaban J connectivity index is 3.36. The Hall–Kier alpha value is -0.120. The van der Waals surface area contributed by atoms with Crippen molar-refractivity contribution in [3.05, 3.63) is 33.0 Å². The van der Waals surface area contributed by atoms with E-state index in [0.717, 1.165) is 0 Å².